The molecule has 0 aliphatic rings. The Kier molecular flexibility index (Phi) is 8.27. The number of nitrogens with two attached hydrogens (primary N) is 1. The van der Waals surface area contributed by atoms with Crippen molar-refractivity contribution < 1.29 is 30.7 Å². The Morgan fingerprint density at radius 1 is 1.25 bits per heavy atom. The number of methoxy groups -OCH3 is 1. The first kappa shape index (κ1) is 19.0. The molecule has 1 heterocycles. The van der Waals surface area contributed by atoms with Gasteiger partial charge in [-0.25, -0.2) is 0 Å². The van der Waals surface area contributed by atoms with Crippen molar-refractivity contribution in [1.29, 1.82) is 0 Å². The van der Waals surface area contributed by atoms with Crippen LogP contribution in [0.5, 0.6) is 5.75 Å². The third-order valence-corrected chi connectivity index (χ3v) is 5.34. The van der Waals surface area contributed by atoms with E-state index < -0.39 is 0 Å². The summed E-state index contributed by atoms with van der Waals surface area (Å²) in [5, 5.41) is 0. The summed E-state index contributed by atoms with van der Waals surface area (Å²) >= 11 is 0.0171. The molecule has 1 atom stereocenters. The van der Waals surface area contributed by atoms with Gasteiger partial charge in [-0.3, -0.25) is 0 Å². The molecular formula is C18H25IN3O2-. The zero-order chi connectivity index (χ0) is 17.2. The Morgan fingerprint density at radius 2 is 2.04 bits per heavy atom. The number of para-hydroxylation sites is 1. The fraction of sp³-hybridized carbons (Fsp3) is 0.389. The van der Waals surface area contributed by atoms with Crippen molar-refractivity contribution in [3.63, 3.8) is 0 Å². The molecule has 0 saturated carbocycles. The summed E-state index contributed by atoms with van der Waals surface area (Å²) < 4.78 is 12.3. The molecule has 0 saturated heterocycles. The first-order valence-corrected chi connectivity index (χ1v) is 11.1. The van der Waals surface area contributed by atoms with Crippen LogP contribution in [0.2, 0.25) is 0 Å². The summed E-state index contributed by atoms with van der Waals surface area (Å²) in [5.41, 5.74) is 7.42. The fourth-order valence-electron chi connectivity index (χ4n) is 2.28. The molecule has 6 heteroatoms. The molecule has 1 unspecified atom stereocenters. The maximum absolute atomic E-state index is 6.28. The van der Waals surface area contributed by atoms with Crippen molar-refractivity contribution >= 4 is 5.69 Å². The zero-order valence-electron chi connectivity index (χ0n) is 14.2. The van der Waals surface area contributed by atoms with E-state index in [0.29, 0.717) is 19.8 Å². The van der Waals surface area contributed by atoms with Gasteiger partial charge in [-0.05, 0) is 0 Å². The van der Waals surface area contributed by atoms with Crippen LogP contribution in [0.25, 0.3) is 0 Å². The number of rotatable bonds is 10. The Balaban J connectivity index is 1.90. The quantitative estimate of drug-likeness (QED) is 0.371. The van der Waals surface area contributed by atoms with Crippen molar-refractivity contribution in [2.75, 3.05) is 43.2 Å². The SMILES string of the molecule is COCCN(CC(N)COc1cncc([I-]C)c1)c1ccccc1. The van der Waals surface area contributed by atoms with Gasteiger partial charge in [0.1, 0.15) is 0 Å². The molecule has 24 heavy (non-hydrogen) atoms. The number of pyridine rings is 1. The van der Waals surface area contributed by atoms with Crippen LogP contribution in [0.3, 0.4) is 0 Å². The molecule has 0 aliphatic carbocycles. The minimum atomic E-state index is -0.0953. The van der Waals surface area contributed by atoms with Crippen LogP contribution in [0, 0.1) is 3.57 Å². The van der Waals surface area contributed by atoms with E-state index in [9.17, 15) is 0 Å². The zero-order valence-corrected chi connectivity index (χ0v) is 16.3. The van der Waals surface area contributed by atoms with Gasteiger partial charge in [0.15, 0.2) is 0 Å². The van der Waals surface area contributed by atoms with Gasteiger partial charge in [0.05, 0.1) is 0 Å². The molecule has 0 aliphatic heterocycles. The number of halogens is 1. The molecule has 0 bridgehead atoms. The molecule has 0 amide bonds. The van der Waals surface area contributed by atoms with E-state index in [1.165, 1.54) is 3.57 Å². The van der Waals surface area contributed by atoms with Crippen molar-refractivity contribution in [3.05, 3.63) is 52.4 Å². The number of benzene rings is 1. The molecule has 1 aromatic carbocycles. The predicted molar refractivity (Wildman–Crippen MR) is 92.9 cm³/mol. The van der Waals surface area contributed by atoms with Gasteiger partial charge in [-0.15, -0.1) is 0 Å². The van der Waals surface area contributed by atoms with E-state index in [2.05, 4.69) is 33.0 Å². The third kappa shape index (κ3) is 6.26. The van der Waals surface area contributed by atoms with Gasteiger partial charge >= 0.3 is 154 Å². The summed E-state index contributed by atoms with van der Waals surface area (Å²) in [7, 11) is 1.71. The van der Waals surface area contributed by atoms with E-state index in [-0.39, 0.29) is 27.2 Å². The van der Waals surface area contributed by atoms with Crippen LogP contribution < -0.4 is 36.6 Å². The topological polar surface area (TPSA) is 60.6 Å². The van der Waals surface area contributed by atoms with Crippen LogP contribution in [0.15, 0.2) is 48.8 Å². The van der Waals surface area contributed by atoms with E-state index in [0.717, 1.165) is 18.0 Å². The van der Waals surface area contributed by atoms with Gasteiger partial charge in [0.2, 0.25) is 0 Å². The number of anilines is 1. The van der Waals surface area contributed by atoms with Crippen LogP contribution in [0.1, 0.15) is 0 Å². The molecule has 132 valence electrons. The van der Waals surface area contributed by atoms with Gasteiger partial charge in [-0.2, -0.15) is 0 Å². The summed E-state index contributed by atoms with van der Waals surface area (Å²) in [6, 6.07) is 12.2. The van der Waals surface area contributed by atoms with Crippen molar-refractivity contribution in [2.45, 2.75) is 6.04 Å². The monoisotopic (exact) mass is 442 g/mol. The first-order chi connectivity index (χ1) is 11.7. The van der Waals surface area contributed by atoms with Gasteiger partial charge in [-0.1, -0.05) is 0 Å². The minimum absolute atomic E-state index is 0.0171. The maximum atomic E-state index is 6.28. The number of aromatic nitrogens is 1. The van der Waals surface area contributed by atoms with E-state index >= 15 is 0 Å². The predicted octanol–water partition coefficient (Wildman–Crippen LogP) is -1.17. The Labute approximate surface area is 154 Å². The molecule has 1 aromatic heterocycles. The molecule has 5 nitrogen and oxygen atoms in total. The Morgan fingerprint density at radius 3 is 2.75 bits per heavy atom. The summed E-state index contributed by atoms with van der Waals surface area (Å²) in [4.78, 5) is 8.65. The molecule has 2 rings (SSSR count). The van der Waals surface area contributed by atoms with Gasteiger partial charge in [0.25, 0.3) is 0 Å². The molecule has 0 radical (unpaired) electrons. The second-order valence-corrected chi connectivity index (χ2v) is 7.70. The van der Waals surface area contributed by atoms with E-state index in [4.69, 9.17) is 15.2 Å². The van der Waals surface area contributed by atoms with Crippen LogP contribution >= 0.6 is 0 Å². The number of alkyl halides is 1. The second kappa shape index (κ2) is 10.5. The van der Waals surface area contributed by atoms with Crippen molar-refractivity contribution in [2.24, 2.45) is 5.73 Å². The second-order valence-electron chi connectivity index (χ2n) is 5.37. The molecule has 2 N–H and O–H groups in total. The van der Waals surface area contributed by atoms with E-state index in [1.54, 1.807) is 13.3 Å². The van der Waals surface area contributed by atoms with Crippen LogP contribution in [-0.4, -0.2) is 49.4 Å². The van der Waals surface area contributed by atoms with Crippen molar-refractivity contribution in [3.8, 4) is 5.75 Å². The average Bonchev–Trinajstić information content (AvgIpc) is 2.64. The first-order valence-electron chi connectivity index (χ1n) is 7.84. The van der Waals surface area contributed by atoms with Gasteiger partial charge in [0, 0.05) is 0 Å². The Bertz CT molecular complexity index is 598. The van der Waals surface area contributed by atoms with Crippen LogP contribution in [0.4, 0.5) is 5.69 Å². The summed E-state index contributed by atoms with van der Waals surface area (Å²) in [6.07, 6.45) is 3.65. The normalized spacial score (nSPS) is 12.1. The number of hydrogen-bond acceptors (Lipinski definition) is 5. The molecule has 0 spiro atoms. The third-order valence-electron chi connectivity index (χ3n) is 3.50. The average molecular weight is 442 g/mol. The number of nitrogens with zero attached hydrogens (tertiary/aromatic N) is 2. The number of ether oxygens (including phenoxy) is 2. The molecule has 2 aromatic rings. The van der Waals surface area contributed by atoms with Crippen molar-refractivity contribution in [1.82, 2.24) is 4.98 Å². The molecule has 0 fully saturated rings. The van der Waals surface area contributed by atoms with E-state index in [1.807, 2.05) is 24.4 Å². The summed E-state index contributed by atoms with van der Waals surface area (Å²) in [5.74, 6) is 0.799. The van der Waals surface area contributed by atoms with Gasteiger partial charge < -0.3 is 0 Å². The van der Waals surface area contributed by atoms with Crippen LogP contribution in [-0.2, 0) is 4.74 Å². The standard InChI is InChI=1S/C18H25IN3O2/c1-19-15-10-18(12-21-11-15)24-14-16(20)13-22(8-9-23-2)17-6-4-3-5-7-17/h3-7,10-12,16H,8-9,13-14,20H2,1-2H3/q-1. The summed E-state index contributed by atoms with van der Waals surface area (Å²) in [6.45, 7) is 2.63. The Hall–Kier alpha value is -1.38. The molecular weight excluding hydrogens is 417 g/mol. The fourth-order valence-corrected chi connectivity index (χ4v) is 3.34. The number of hydrogen-bond donors (Lipinski definition) is 1.